The summed E-state index contributed by atoms with van der Waals surface area (Å²) in [6, 6.07) is 7.07. The summed E-state index contributed by atoms with van der Waals surface area (Å²) in [5.41, 5.74) is 2.10. The maximum atomic E-state index is 9.10. The maximum Gasteiger partial charge on any atom is 0.115 e. The minimum atomic E-state index is 0.283. The Hall–Kier alpha value is -1.77. The van der Waals surface area contributed by atoms with Crippen molar-refractivity contribution in [1.29, 1.82) is 0 Å². The highest BCUT2D eigenvalue weighted by atomic mass is 16.3. The zero-order valence-electron chi connectivity index (χ0n) is 7.31. The normalized spacial score (nSPS) is 10.2. The molecule has 0 fully saturated rings. The van der Waals surface area contributed by atoms with Gasteiger partial charge >= 0.3 is 0 Å². The van der Waals surface area contributed by atoms with Gasteiger partial charge in [0.15, 0.2) is 0 Å². The number of phenolic OH excluding ortho intramolecular Hbond substituents is 1. The Morgan fingerprint density at radius 3 is 2.46 bits per heavy atom. The number of hydrogen-bond acceptors (Lipinski definition) is 2. The zero-order chi connectivity index (χ0) is 9.26. The molecule has 66 valence electrons. The third-order valence-electron chi connectivity index (χ3n) is 1.98. The van der Waals surface area contributed by atoms with Crippen LogP contribution in [0.2, 0.25) is 0 Å². The molecular weight excluding hydrogens is 164 g/mol. The van der Waals surface area contributed by atoms with Gasteiger partial charge in [-0.1, -0.05) is 0 Å². The second kappa shape index (κ2) is 2.94. The minimum absolute atomic E-state index is 0.283. The number of aromatic hydroxyl groups is 1. The van der Waals surface area contributed by atoms with Crippen LogP contribution in [0.25, 0.3) is 11.3 Å². The van der Waals surface area contributed by atoms with E-state index >= 15 is 0 Å². The molecule has 0 aliphatic rings. The first-order valence-corrected chi connectivity index (χ1v) is 4.03. The lowest BCUT2D eigenvalue weighted by Gasteiger charge is -2.01. The van der Waals surface area contributed by atoms with Crippen molar-refractivity contribution in [3.63, 3.8) is 0 Å². The number of imidazole rings is 1. The number of aromatic nitrogens is 2. The summed E-state index contributed by atoms with van der Waals surface area (Å²) in [7, 11) is 1.94. The van der Waals surface area contributed by atoms with Crippen molar-refractivity contribution in [3.8, 4) is 17.0 Å². The first-order valence-electron chi connectivity index (χ1n) is 4.03. The maximum absolute atomic E-state index is 9.10. The molecule has 2 aromatic rings. The predicted octanol–water partition coefficient (Wildman–Crippen LogP) is 1.79. The molecule has 0 saturated heterocycles. The molecule has 3 nitrogen and oxygen atoms in total. The molecule has 0 unspecified atom stereocenters. The largest absolute Gasteiger partial charge is 0.508 e. The van der Waals surface area contributed by atoms with Crippen LogP contribution in [0.1, 0.15) is 0 Å². The van der Waals surface area contributed by atoms with Gasteiger partial charge in [0, 0.05) is 12.6 Å². The third-order valence-corrected chi connectivity index (χ3v) is 1.98. The van der Waals surface area contributed by atoms with Gasteiger partial charge in [0.25, 0.3) is 0 Å². The van der Waals surface area contributed by atoms with Crippen LogP contribution in [0.4, 0.5) is 0 Å². The van der Waals surface area contributed by atoms with E-state index in [1.54, 1.807) is 24.7 Å². The fourth-order valence-electron chi connectivity index (χ4n) is 1.27. The molecule has 0 bridgehead atoms. The van der Waals surface area contributed by atoms with Gasteiger partial charge in [-0.05, 0) is 24.3 Å². The van der Waals surface area contributed by atoms with Crippen LogP contribution < -0.4 is 0 Å². The zero-order valence-corrected chi connectivity index (χ0v) is 7.31. The quantitative estimate of drug-likeness (QED) is 0.715. The van der Waals surface area contributed by atoms with Crippen LogP contribution in [0, 0.1) is 0 Å². The van der Waals surface area contributed by atoms with E-state index in [-0.39, 0.29) is 5.75 Å². The minimum Gasteiger partial charge on any atom is -0.508 e. The highest BCUT2D eigenvalue weighted by molar-refractivity contribution is 5.59. The molecule has 13 heavy (non-hydrogen) atoms. The van der Waals surface area contributed by atoms with E-state index in [0.29, 0.717) is 0 Å². The van der Waals surface area contributed by atoms with Crippen molar-refractivity contribution >= 4 is 0 Å². The van der Waals surface area contributed by atoms with Crippen LogP contribution in [-0.2, 0) is 7.05 Å². The van der Waals surface area contributed by atoms with E-state index < -0.39 is 0 Å². The van der Waals surface area contributed by atoms with E-state index in [2.05, 4.69) is 4.98 Å². The van der Waals surface area contributed by atoms with Crippen LogP contribution >= 0.6 is 0 Å². The molecule has 1 aromatic carbocycles. The molecule has 2 rings (SSSR count). The van der Waals surface area contributed by atoms with Crippen LogP contribution in [0.15, 0.2) is 36.8 Å². The molecule has 3 heteroatoms. The summed E-state index contributed by atoms with van der Waals surface area (Å²) in [5.74, 6) is 0.283. The third kappa shape index (κ3) is 1.40. The summed E-state index contributed by atoms with van der Waals surface area (Å²) in [6.45, 7) is 0. The molecular formula is C10H10N2O. The second-order valence-corrected chi connectivity index (χ2v) is 2.94. The number of nitrogens with zero attached hydrogens (tertiary/aromatic N) is 2. The molecule has 0 saturated carbocycles. The molecule has 0 spiro atoms. The van der Waals surface area contributed by atoms with Gasteiger partial charge < -0.3 is 9.67 Å². The lowest BCUT2D eigenvalue weighted by atomic mass is 10.1. The number of rotatable bonds is 1. The molecule has 0 atom stereocenters. The van der Waals surface area contributed by atoms with Gasteiger partial charge in [-0.25, -0.2) is 4.98 Å². The molecule has 0 aliphatic heterocycles. The molecule has 1 aromatic heterocycles. The first kappa shape index (κ1) is 7.86. The summed E-state index contributed by atoms with van der Waals surface area (Å²) in [5, 5.41) is 9.10. The Labute approximate surface area is 76.3 Å². The average molecular weight is 174 g/mol. The Balaban J connectivity index is 2.47. The van der Waals surface area contributed by atoms with Gasteiger partial charge in [0.05, 0.1) is 18.2 Å². The van der Waals surface area contributed by atoms with E-state index in [1.807, 2.05) is 23.7 Å². The van der Waals surface area contributed by atoms with Crippen molar-refractivity contribution < 1.29 is 5.11 Å². The van der Waals surface area contributed by atoms with Crippen molar-refractivity contribution in [2.75, 3.05) is 0 Å². The Morgan fingerprint density at radius 1 is 1.23 bits per heavy atom. The summed E-state index contributed by atoms with van der Waals surface area (Å²) in [6.07, 6.45) is 3.55. The number of benzene rings is 1. The monoisotopic (exact) mass is 174 g/mol. The van der Waals surface area contributed by atoms with Crippen LogP contribution in [-0.4, -0.2) is 14.7 Å². The Kier molecular flexibility index (Phi) is 1.77. The Morgan fingerprint density at radius 2 is 1.92 bits per heavy atom. The highest BCUT2D eigenvalue weighted by Crippen LogP contribution is 2.20. The van der Waals surface area contributed by atoms with Gasteiger partial charge in [-0.15, -0.1) is 0 Å². The number of hydrogen-bond donors (Lipinski definition) is 1. The van der Waals surface area contributed by atoms with Crippen LogP contribution in [0.5, 0.6) is 5.75 Å². The van der Waals surface area contributed by atoms with Crippen molar-refractivity contribution in [1.82, 2.24) is 9.55 Å². The lowest BCUT2D eigenvalue weighted by Crippen LogP contribution is -1.88. The fourth-order valence-corrected chi connectivity index (χ4v) is 1.27. The smallest absolute Gasteiger partial charge is 0.115 e. The van der Waals surface area contributed by atoms with E-state index in [1.165, 1.54) is 0 Å². The van der Waals surface area contributed by atoms with E-state index in [4.69, 9.17) is 5.11 Å². The summed E-state index contributed by atoms with van der Waals surface area (Å²) < 4.78 is 1.94. The first-order chi connectivity index (χ1) is 6.27. The second-order valence-electron chi connectivity index (χ2n) is 2.94. The summed E-state index contributed by atoms with van der Waals surface area (Å²) >= 11 is 0. The van der Waals surface area contributed by atoms with E-state index in [0.717, 1.165) is 11.3 Å². The topological polar surface area (TPSA) is 38.0 Å². The highest BCUT2D eigenvalue weighted by Gasteiger charge is 2.00. The van der Waals surface area contributed by atoms with Crippen molar-refractivity contribution in [2.24, 2.45) is 7.05 Å². The fraction of sp³-hybridized carbons (Fsp3) is 0.100. The van der Waals surface area contributed by atoms with Gasteiger partial charge in [0.1, 0.15) is 5.75 Å². The van der Waals surface area contributed by atoms with E-state index in [9.17, 15) is 0 Å². The molecule has 1 N–H and O–H groups in total. The predicted molar refractivity (Wildman–Crippen MR) is 50.3 cm³/mol. The Bertz CT molecular complexity index is 403. The number of phenols is 1. The molecule has 0 aliphatic carbocycles. The SMILES string of the molecule is Cn1cncc1-c1ccc(O)cc1. The van der Waals surface area contributed by atoms with Crippen LogP contribution in [0.3, 0.4) is 0 Å². The van der Waals surface area contributed by atoms with Gasteiger partial charge in [-0.3, -0.25) is 0 Å². The molecule has 0 amide bonds. The average Bonchev–Trinajstić information content (AvgIpc) is 2.53. The van der Waals surface area contributed by atoms with Gasteiger partial charge in [0.2, 0.25) is 0 Å². The van der Waals surface area contributed by atoms with Gasteiger partial charge in [-0.2, -0.15) is 0 Å². The lowest BCUT2D eigenvalue weighted by molar-refractivity contribution is 0.475. The standard InChI is InChI=1S/C10H10N2O/c1-12-7-11-6-10(12)8-2-4-9(13)5-3-8/h2-7,13H,1H3. The van der Waals surface area contributed by atoms with Crippen molar-refractivity contribution in [3.05, 3.63) is 36.8 Å². The summed E-state index contributed by atoms with van der Waals surface area (Å²) in [4.78, 5) is 4.02. The molecule has 0 radical (unpaired) electrons. The molecule has 1 heterocycles. The number of aryl methyl sites for hydroxylation is 1. The van der Waals surface area contributed by atoms with Crippen molar-refractivity contribution in [2.45, 2.75) is 0 Å².